The van der Waals surface area contributed by atoms with E-state index < -0.39 is 0 Å². The monoisotopic (exact) mass is 434 g/mol. The summed E-state index contributed by atoms with van der Waals surface area (Å²) in [5, 5.41) is 9.64. The predicted octanol–water partition coefficient (Wildman–Crippen LogP) is 3.32. The second-order valence-electron chi connectivity index (χ2n) is 8.23. The van der Waals surface area contributed by atoms with E-state index in [1.165, 1.54) is 0 Å². The SMILES string of the molecule is c1ccc(/C(CCN2CCOCC2)=N\N=C(/CCN2CCOCC2)c2ccccc2)cc1. The molecule has 0 aromatic heterocycles. The zero-order chi connectivity index (χ0) is 21.8. The molecule has 0 amide bonds. The Balaban J connectivity index is 1.52. The zero-order valence-electron chi connectivity index (χ0n) is 18.9. The van der Waals surface area contributed by atoms with Gasteiger partial charge in [-0.2, -0.15) is 10.2 Å². The smallest absolute Gasteiger partial charge is 0.0715 e. The van der Waals surface area contributed by atoms with E-state index in [-0.39, 0.29) is 0 Å². The van der Waals surface area contributed by atoms with E-state index in [0.29, 0.717) is 0 Å². The van der Waals surface area contributed by atoms with Crippen LogP contribution in [-0.4, -0.2) is 86.9 Å². The van der Waals surface area contributed by atoms with Crippen LogP contribution >= 0.6 is 0 Å². The molecule has 0 spiro atoms. The molecule has 0 N–H and O–H groups in total. The standard InChI is InChI=1S/C26H34N4O2/c1-3-7-23(8-4-1)25(11-13-29-15-19-31-20-16-29)27-28-26(24-9-5-2-6-10-24)12-14-30-17-21-32-22-18-30/h1-10H,11-22H2/b27-25-,28-26+. The van der Waals surface area contributed by atoms with Crippen molar-refractivity contribution < 1.29 is 9.47 Å². The minimum Gasteiger partial charge on any atom is -0.379 e. The molecule has 2 saturated heterocycles. The van der Waals surface area contributed by atoms with Gasteiger partial charge in [0.2, 0.25) is 0 Å². The van der Waals surface area contributed by atoms with Crippen molar-refractivity contribution in [3.8, 4) is 0 Å². The van der Waals surface area contributed by atoms with Gasteiger partial charge in [-0.05, 0) is 11.1 Å². The van der Waals surface area contributed by atoms with Crippen LogP contribution in [0.2, 0.25) is 0 Å². The van der Waals surface area contributed by atoms with Crippen LogP contribution < -0.4 is 0 Å². The van der Waals surface area contributed by atoms with Crippen LogP contribution in [-0.2, 0) is 9.47 Å². The molecule has 0 aliphatic carbocycles. The van der Waals surface area contributed by atoms with Gasteiger partial charge in [0.05, 0.1) is 37.9 Å². The second kappa shape index (κ2) is 12.6. The van der Waals surface area contributed by atoms with E-state index in [0.717, 1.165) is 101 Å². The molecular formula is C26H34N4O2. The Kier molecular flexibility index (Phi) is 8.98. The highest BCUT2D eigenvalue weighted by Crippen LogP contribution is 2.11. The van der Waals surface area contributed by atoms with Gasteiger partial charge in [-0.15, -0.1) is 0 Å². The van der Waals surface area contributed by atoms with Crippen LogP contribution in [0.25, 0.3) is 0 Å². The van der Waals surface area contributed by atoms with Crippen LogP contribution in [0, 0.1) is 0 Å². The van der Waals surface area contributed by atoms with Gasteiger partial charge >= 0.3 is 0 Å². The number of nitrogens with zero attached hydrogens (tertiary/aromatic N) is 4. The van der Waals surface area contributed by atoms with Gasteiger partial charge in [0.25, 0.3) is 0 Å². The third-order valence-corrected chi connectivity index (χ3v) is 6.04. The highest BCUT2D eigenvalue weighted by atomic mass is 16.5. The maximum atomic E-state index is 5.49. The van der Waals surface area contributed by atoms with E-state index in [9.17, 15) is 0 Å². The number of rotatable bonds is 9. The summed E-state index contributed by atoms with van der Waals surface area (Å²) < 4.78 is 11.0. The lowest BCUT2D eigenvalue weighted by molar-refractivity contribution is 0.0391. The summed E-state index contributed by atoms with van der Waals surface area (Å²) in [6.07, 6.45) is 1.75. The summed E-state index contributed by atoms with van der Waals surface area (Å²) >= 11 is 0. The fourth-order valence-corrected chi connectivity index (χ4v) is 4.06. The average molecular weight is 435 g/mol. The number of benzene rings is 2. The Morgan fingerprint density at radius 1 is 0.594 bits per heavy atom. The number of hydrogen-bond donors (Lipinski definition) is 0. The van der Waals surface area contributed by atoms with Crippen LogP contribution in [0.3, 0.4) is 0 Å². The minimum absolute atomic E-state index is 0.815. The maximum absolute atomic E-state index is 5.49. The van der Waals surface area contributed by atoms with Crippen molar-refractivity contribution in [3.05, 3.63) is 71.8 Å². The molecule has 32 heavy (non-hydrogen) atoms. The van der Waals surface area contributed by atoms with Gasteiger partial charge in [0, 0.05) is 52.1 Å². The molecule has 170 valence electrons. The lowest BCUT2D eigenvalue weighted by Gasteiger charge is -2.26. The minimum atomic E-state index is 0.815. The van der Waals surface area contributed by atoms with Crippen LogP contribution in [0.5, 0.6) is 0 Å². The van der Waals surface area contributed by atoms with Crippen molar-refractivity contribution in [1.82, 2.24) is 9.80 Å². The quantitative estimate of drug-likeness (QED) is 0.449. The lowest BCUT2D eigenvalue weighted by Crippen LogP contribution is -2.37. The molecule has 0 bridgehead atoms. The van der Waals surface area contributed by atoms with Crippen molar-refractivity contribution >= 4 is 11.4 Å². The van der Waals surface area contributed by atoms with Crippen LogP contribution in [0.15, 0.2) is 70.9 Å². The Morgan fingerprint density at radius 2 is 0.969 bits per heavy atom. The Bertz CT molecular complexity index is 784. The molecule has 6 heteroatoms. The first-order valence-electron chi connectivity index (χ1n) is 11.7. The molecule has 6 nitrogen and oxygen atoms in total. The third kappa shape index (κ3) is 7.07. The topological polar surface area (TPSA) is 49.7 Å². The van der Waals surface area contributed by atoms with E-state index in [1.807, 2.05) is 12.1 Å². The van der Waals surface area contributed by atoms with Gasteiger partial charge in [0.1, 0.15) is 0 Å². The molecular weight excluding hydrogens is 400 g/mol. The first-order chi connectivity index (χ1) is 15.9. The predicted molar refractivity (Wildman–Crippen MR) is 130 cm³/mol. The van der Waals surface area contributed by atoms with E-state index in [1.54, 1.807) is 0 Å². The Labute approximate surface area is 191 Å². The van der Waals surface area contributed by atoms with Crippen LogP contribution in [0.1, 0.15) is 24.0 Å². The summed E-state index contributed by atoms with van der Waals surface area (Å²) in [5.41, 5.74) is 4.36. The van der Waals surface area contributed by atoms with Crippen molar-refractivity contribution in [2.75, 3.05) is 65.7 Å². The van der Waals surface area contributed by atoms with Crippen LogP contribution in [0.4, 0.5) is 0 Å². The zero-order valence-corrected chi connectivity index (χ0v) is 18.9. The molecule has 2 fully saturated rings. The summed E-state index contributed by atoms with van der Waals surface area (Å²) in [6.45, 7) is 9.15. The Hall–Kier alpha value is -2.38. The summed E-state index contributed by atoms with van der Waals surface area (Å²) in [7, 11) is 0. The van der Waals surface area contributed by atoms with Gasteiger partial charge in [-0.3, -0.25) is 9.80 Å². The second-order valence-corrected chi connectivity index (χ2v) is 8.23. The Morgan fingerprint density at radius 3 is 1.34 bits per heavy atom. The molecule has 2 aromatic carbocycles. The first-order valence-corrected chi connectivity index (χ1v) is 11.7. The van der Waals surface area contributed by atoms with E-state index in [4.69, 9.17) is 19.7 Å². The highest BCUT2D eigenvalue weighted by Gasteiger charge is 2.14. The molecule has 4 rings (SSSR count). The van der Waals surface area contributed by atoms with Gasteiger partial charge in [-0.25, -0.2) is 0 Å². The van der Waals surface area contributed by atoms with E-state index in [2.05, 4.69) is 58.3 Å². The van der Waals surface area contributed by atoms with E-state index >= 15 is 0 Å². The fraction of sp³-hybridized carbons (Fsp3) is 0.462. The van der Waals surface area contributed by atoms with Crippen molar-refractivity contribution in [1.29, 1.82) is 0 Å². The largest absolute Gasteiger partial charge is 0.379 e. The van der Waals surface area contributed by atoms with Crippen molar-refractivity contribution in [2.45, 2.75) is 12.8 Å². The van der Waals surface area contributed by atoms with Crippen molar-refractivity contribution in [3.63, 3.8) is 0 Å². The molecule has 0 saturated carbocycles. The molecule has 2 heterocycles. The first kappa shape index (κ1) is 22.8. The third-order valence-electron chi connectivity index (χ3n) is 6.04. The average Bonchev–Trinajstić information content (AvgIpc) is 2.88. The summed E-state index contributed by atoms with van der Waals surface area (Å²) in [6, 6.07) is 20.9. The number of ether oxygens (including phenoxy) is 2. The van der Waals surface area contributed by atoms with Crippen molar-refractivity contribution in [2.24, 2.45) is 10.2 Å². The normalized spacial score (nSPS) is 19.2. The van der Waals surface area contributed by atoms with Gasteiger partial charge in [0.15, 0.2) is 0 Å². The lowest BCUT2D eigenvalue weighted by atomic mass is 10.1. The highest BCUT2D eigenvalue weighted by molar-refractivity contribution is 6.03. The maximum Gasteiger partial charge on any atom is 0.0715 e. The molecule has 2 aliphatic heterocycles. The summed E-state index contributed by atoms with van der Waals surface area (Å²) in [5.74, 6) is 0. The fourth-order valence-electron chi connectivity index (χ4n) is 4.06. The van der Waals surface area contributed by atoms with Gasteiger partial charge in [-0.1, -0.05) is 60.7 Å². The van der Waals surface area contributed by atoms with Gasteiger partial charge < -0.3 is 9.47 Å². The molecule has 2 aromatic rings. The number of morpholine rings is 2. The molecule has 0 radical (unpaired) electrons. The number of hydrogen-bond acceptors (Lipinski definition) is 6. The molecule has 0 unspecified atom stereocenters. The molecule has 0 atom stereocenters. The summed E-state index contributed by atoms with van der Waals surface area (Å²) in [4.78, 5) is 4.89. The molecule has 2 aliphatic rings.